The highest BCUT2D eigenvalue weighted by atomic mass is 19.1. The Morgan fingerprint density at radius 3 is 2.29 bits per heavy atom. The van der Waals surface area contributed by atoms with E-state index in [1.54, 1.807) is 12.1 Å². The van der Waals surface area contributed by atoms with Gasteiger partial charge in [0.25, 0.3) is 17.7 Å². The number of nitrogens with zero attached hydrogens (tertiary/aromatic N) is 1. The lowest BCUT2D eigenvalue weighted by Gasteiger charge is -2.20. The van der Waals surface area contributed by atoms with Crippen molar-refractivity contribution in [2.75, 3.05) is 11.9 Å². The molecule has 0 unspecified atom stereocenters. The number of halogens is 2. The Bertz CT molecular complexity index is 957. The van der Waals surface area contributed by atoms with E-state index in [9.17, 15) is 28.0 Å². The molecular formula is C19H14F2N2O5. The number of amides is 3. The van der Waals surface area contributed by atoms with Gasteiger partial charge in [-0.1, -0.05) is 12.1 Å². The van der Waals surface area contributed by atoms with Crippen LogP contribution in [0.25, 0.3) is 0 Å². The van der Waals surface area contributed by atoms with Crippen LogP contribution in [0.4, 0.5) is 14.5 Å². The number of nitrogens with one attached hydrogen (secondary N) is 1. The number of anilines is 1. The van der Waals surface area contributed by atoms with Gasteiger partial charge in [0, 0.05) is 6.07 Å². The molecule has 144 valence electrons. The molecule has 2 aromatic carbocycles. The number of ether oxygens (including phenoxy) is 1. The summed E-state index contributed by atoms with van der Waals surface area (Å²) in [5.74, 6) is -4.81. The summed E-state index contributed by atoms with van der Waals surface area (Å²) in [7, 11) is 0. The molecule has 0 fully saturated rings. The van der Waals surface area contributed by atoms with Crippen molar-refractivity contribution in [3.05, 3.63) is 65.2 Å². The highest BCUT2D eigenvalue weighted by Gasteiger charge is 2.41. The molecule has 28 heavy (non-hydrogen) atoms. The van der Waals surface area contributed by atoms with Crippen LogP contribution >= 0.6 is 0 Å². The number of carbonyl (C=O) groups is 4. The van der Waals surface area contributed by atoms with E-state index in [-0.39, 0.29) is 11.1 Å². The first-order valence-corrected chi connectivity index (χ1v) is 8.18. The van der Waals surface area contributed by atoms with Crippen molar-refractivity contribution in [2.24, 2.45) is 0 Å². The fourth-order valence-electron chi connectivity index (χ4n) is 2.70. The summed E-state index contributed by atoms with van der Waals surface area (Å²) in [4.78, 5) is 49.4. The molecule has 0 saturated carbocycles. The van der Waals surface area contributed by atoms with Crippen LogP contribution in [0.1, 0.15) is 27.6 Å². The Morgan fingerprint density at radius 1 is 1.07 bits per heavy atom. The van der Waals surface area contributed by atoms with Crippen LogP contribution in [0, 0.1) is 11.6 Å². The fraction of sp³-hybridized carbons (Fsp3) is 0.158. The molecule has 9 heteroatoms. The number of imide groups is 1. The van der Waals surface area contributed by atoms with Crippen LogP contribution in [0.2, 0.25) is 0 Å². The van der Waals surface area contributed by atoms with Crippen LogP contribution in [0.15, 0.2) is 42.5 Å². The Morgan fingerprint density at radius 2 is 1.68 bits per heavy atom. The normalized spacial score (nSPS) is 13.9. The van der Waals surface area contributed by atoms with Crippen molar-refractivity contribution in [2.45, 2.75) is 13.0 Å². The molecule has 1 aliphatic heterocycles. The Kier molecular flexibility index (Phi) is 5.16. The van der Waals surface area contributed by atoms with Crippen molar-refractivity contribution in [3.8, 4) is 0 Å². The van der Waals surface area contributed by atoms with Gasteiger partial charge in [0.15, 0.2) is 6.61 Å². The lowest BCUT2D eigenvalue weighted by molar-refractivity contribution is -0.150. The lowest BCUT2D eigenvalue weighted by Crippen LogP contribution is -2.44. The number of fused-ring (bicyclic) bond motifs is 1. The van der Waals surface area contributed by atoms with Gasteiger partial charge >= 0.3 is 5.97 Å². The summed E-state index contributed by atoms with van der Waals surface area (Å²) in [5, 5.41) is 2.07. The van der Waals surface area contributed by atoms with Crippen LogP contribution in [-0.4, -0.2) is 41.2 Å². The Hall–Kier alpha value is -3.62. The van der Waals surface area contributed by atoms with Gasteiger partial charge in [-0.05, 0) is 31.2 Å². The molecule has 1 heterocycles. The van der Waals surface area contributed by atoms with Crippen molar-refractivity contribution in [3.63, 3.8) is 0 Å². The van der Waals surface area contributed by atoms with Gasteiger partial charge in [0.2, 0.25) is 0 Å². The predicted molar refractivity (Wildman–Crippen MR) is 92.4 cm³/mol. The molecule has 3 amide bonds. The number of hydrogen-bond acceptors (Lipinski definition) is 5. The Labute approximate surface area is 157 Å². The third-order valence-electron chi connectivity index (χ3n) is 4.10. The number of esters is 1. The van der Waals surface area contributed by atoms with Gasteiger partial charge in [-0.3, -0.25) is 19.3 Å². The van der Waals surface area contributed by atoms with E-state index < -0.39 is 53.7 Å². The molecular weight excluding hydrogens is 374 g/mol. The van der Waals surface area contributed by atoms with Gasteiger partial charge in [0.1, 0.15) is 17.7 Å². The smallest absolute Gasteiger partial charge is 0.329 e. The number of hydrogen-bond donors (Lipinski definition) is 1. The lowest BCUT2D eigenvalue weighted by atomic mass is 10.1. The minimum absolute atomic E-state index is 0.173. The molecule has 7 nitrogen and oxygen atoms in total. The summed E-state index contributed by atoms with van der Waals surface area (Å²) in [6.45, 7) is 0.483. The van der Waals surface area contributed by atoms with Gasteiger partial charge in [-0.25, -0.2) is 13.6 Å². The standard InChI is InChI=1S/C19H14F2N2O5/c1-10(23-17(25)12-4-2-3-5-13(12)18(23)26)19(27)28-9-16(24)22-15-8-11(20)6-7-14(15)21/h2-8,10H,9H2,1H3,(H,22,24)/t10-/m1/s1. The van der Waals surface area contributed by atoms with E-state index in [1.807, 2.05) is 0 Å². The van der Waals surface area contributed by atoms with Crippen LogP contribution < -0.4 is 5.32 Å². The molecule has 0 saturated heterocycles. The first-order chi connectivity index (χ1) is 13.3. The monoisotopic (exact) mass is 388 g/mol. The molecule has 1 aliphatic rings. The number of carbonyl (C=O) groups excluding carboxylic acids is 4. The highest BCUT2D eigenvalue weighted by Crippen LogP contribution is 2.24. The summed E-state index contributed by atoms with van der Waals surface area (Å²) < 4.78 is 31.4. The van der Waals surface area contributed by atoms with Crippen molar-refractivity contribution in [1.29, 1.82) is 0 Å². The summed E-state index contributed by atoms with van der Waals surface area (Å²) in [5.41, 5.74) is -0.0626. The number of rotatable bonds is 5. The van der Waals surface area contributed by atoms with Crippen LogP contribution in [-0.2, 0) is 14.3 Å². The van der Waals surface area contributed by atoms with Crippen LogP contribution in [0.3, 0.4) is 0 Å². The maximum absolute atomic E-state index is 13.5. The first kappa shape index (κ1) is 19.2. The summed E-state index contributed by atoms with van der Waals surface area (Å²) in [6, 6.07) is 7.33. The second-order valence-electron chi connectivity index (χ2n) is 5.98. The fourth-order valence-corrected chi connectivity index (χ4v) is 2.70. The topological polar surface area (TPSA) is 92.8 Å². The van der Waals surface area contributed by atoms with E-state index in [1.165, 1.54) is 19.1 Å². The van der Waals surface area contributed by atoms with E-state index in [0.717, 1.165) is 23.1 Å². The maximum Gasteiger partial charge on any atom is 0.329 e. The molecule has 0 aliphatic carbocycles. The van der Waals surface area contributed by atoms with E-state index >= 15 is 0 Å². The zero-order chi connectivity index (χ0) is 20.4. The molecule has 3 rings (SSSR count). The molecule has 0 aromatic heterocycles. The second-order valence-corrected chi connectivity index (χ2v) is 5.98. The quantitative estimate of drug-likeness (QED) is 0.626. The van der Waals surface area contributed by atoms with Crippen molar-refractivity contribution >= 4 is 29.4 Å². The van der Waals surface area contributed by atoms with Crippen LogP contribution in [0.5, 0.6) is 0 Å². The second kappa shape index (κ2) is 7.55. The molecule has 1 atom stereocenters. The van der Waals surface area contributed by atoms with E-state index in [4.69, 9.17) is 4.74 Å². The largest absolute Gasteiger partial charge is 0.454 e. The van der Waals surface area contributed by atoms with E-state index in [0.29, 0.717) is 0 Å². The SMILES string of the molecule is C[C@H](C(=O)OCC(=O)Nc1cc(F)ccc1F)N1C(=O)c2ccccc2C1=O. The van der Waals surface area contributed by atoms with Crippen molar-refractivity contribution in [1.82, 2.24) is 4.90 Å². The summed E-state index contributed by atoms with van der Waals surface area (Å²) in [6.07, 6.45) is 0. The highest BCUT2D eigenvalue weighted by molar-refractivity contribution is 6.22. The Balaban J connectivity index is 1.61. The zero-order valence-electron chi connectivity index (χ0n) is 14.6. The minimum atomic E-state index is -1.27. The third kappa shape index (κ3) is 3.59. The molecule has 0 radical (unpaired) electrons. The average Bonchev–Trinajstić information content (AvgIpc) is 2.93. The minimum Gasteiger partial charge on any atom is -0.454 e. The molecule has 0 spiro atoms. The predicted octanol–water partition coefficient (Wildman–Crippen LogP) is 2.13. The first-order valence-electron chi connectivity index (χ1n) is 8.18. The molecule has 2 aromatic rings. The van der Waals surface area contributed by atoms with Gasteiger partial charge < -0.3 is 10.1 Å². The summed E-state index contributed by atoms with van der Waals surface area (Å²) >= 11 is 0. The van der Waals surface area contributed by atoms with E-state index in [2.05, 4.69) is 5.32 Å². The maximum atomic E-state index is 13.5. The van der Waals surface area contributed by atoms with Gasteiger partial charge in [-0.2, -0.15) is 0 Å². The van der Waals surface area contributed by atoms with Gasteiger partial charge in [-0.15, -0.1) is 0 Å². The van der Waals surface area contributed by atoms with Crippen molar-refractivity contribution < 1.29 is 32.7 Å². The molecule has 1 N–H and O–H groups in total. The number of benzene rings is 2. The zero-order valence-corrected chi connectivity index (χ0v) is 14.6. The third-order valence-corrected chi connectivity index (χ3v) is 4.10. The van der Waals surface area contributed by atoms with Gasteiger partial charge in [0.05, 0.1) is 16.8 Å². The molecule has 0 bridgehead atoms. The average molecular weight is 388 g/mol.